The van der Waals surface area contributed by atoms with Crippen molar-refractivity contribution < 1.29 is 27.5 Å². The summed E-state index contributed by atoms with van der Waals surface area (Å²) < 4.78 is 41.1. The number of hydrogen-bond acceptors (Lipinski definition) is 3. The number of carbonyl (C=O) groups excluding carboxylic acids is 2. The van der Waals surface area contributed by atoms with E-state index in [1.807, 2.05) is 6.92 Å². The molecule has 0 atom stereocenters. The van der Waals surface area contributed by atoms with Crippen LogP contribution < -0.4 is 5.32 Å². The number of aromatic nitrogens is 1. The van der Waals surface area contributed by atoms with Crippen molar-refractivity contribution in [3.8, 4) is 0 Å². The molecule has 1 heterocycles. The lowest BCUT2D eigenvalue weighted by Gasteiger charge is -2.09. The molecule has 118 valence electrons. The maximum absolute atomic E-state index is 12.1. The van der Waals surface area contributed by atoms with E-state index in [4.69, 9.17) is 0 Å². The van der Waals surface area contributed by atoms with Crippen LogP contribution in [-0.4, -0.2) is 36.7 Å². The van der Waals surface area contributed by atoms with Crippen LogP contribution >= 0.6 is 0 Å². The minimum Gasteiger partial charge on any atom is -0.465 e. The van der Waals surface area contributed by atoms with Crippen LogP contribution in [0.15, 0.2) is 0 Å². The fraction of sp³-hybridized carbons (Fsp3) is 0.538. The van der Waals surface area contributed by atoms with E-state index in [0.717, 1.165) is 0 Å². The van der Waals surface area contributed by atoms with Gasteiger partial charge < -0.3 is 15.0 Å². The first kappa shape index (κ1) is 17.1. The number of aryl methyl sites for hydroxylation is 1. The average molecular weight is 306 g/mol. The van der Waals surface area contributed by atoms with Crippen molar-refractivity contribution in [2.45, 2.75) is 32.9 Å². The lowest BCUT2D eigenvalue weighted by Crippen LogP contribution is -2.34. The number of rotatable bonds is 5. The van der Waals surface area contributed by atoms with Gasteiger partial charge in [-0.25, -0.2) is 4.79 Å². The molecule has 2 N–H and O–H groups in total. The Labute approximate surface area is 119 Å². The number of methoxy groups -OCH3 is 1. The van der Waals surface area contributed by atoms with Gasteiger partial charge in [0, 0.05) is 5.69 Å². The molecule has 5 nitrogen and oxygen atoms in total. The quantitative estimate of drug-likeness (QED) is 0.820. The molecule has 0 saturated carbocycles. The number of halogens is 3. The molecule has 0 bridgehead atoms. The fourth-order valence-corrected chi connectivity index (χ4v) is 2.02. The molecule has 21 heavy (non-hydrogen) atoms. The molecule has 1 aromatic heterocycles. The highest BCUT2D eigenvalue weighted by Gasteiger charge is 2.30. The number of hydrogen-bond donors (Lipinski definition) is 2. The average Bonchev–Trinajstić information content (AvgIpc) is 2.72. The number of H-pyrrole nitrogens is 1. The highest BCUT2D eigenvalue weighted by Crippen LogP contribution is 2.22. The predicted octanol–water partition coefficient (Wildman–Crippen LogP) is 2.35. The number of nitrogens with one attached hydrogen (secondary N) is 2. The maximum Gasteiger partial charge on any atom is 0.405 e. The second-order valence-corrected chi connectivity index (χ2v) is 4.52. The third kappa shape index (κ3) is 4.24. The zero-order valence-electron chi connectivity index (χ0n) is 12.0. The lowest BCUT2D eigenvalue weighted by molar-refractivity contribution is -0.123. The Morgan fingerprint density at radius 3 is 2.43 bits per heavy atom. The molecule has 8 heteroatoms. The molecule has 0 fully saturated rings. The summed E-state index contributed by atoms with van der Waals surface area (Å²) >= 11 is 0. The predicted molar refractivity (Wildman–Crippen MR) is 69.3 cm³/mol. The first-order valence-corrected chi connectivity index (χ1v) is 6.36. The highest BCUT2D eigenvalue weighted by atomic mass is 19.4. The van der Waals surface area contributed by atoms with Crippen molar-refractivity contribution >= 4 is 11.9 Å². The van der Waals surface area contributed by atoms with Gasteiger partial charge in [0.05, 0.1) is 12.7 Å². The van der Waals surface area contributed by atoms with Crippen LogP contribution in [0.5, 0.6) is 0 Å². The molecule has 0 aliphatic rings. The van der Waals surface area contributed by atoms with Gasteiger partial charge in [-0.1, -0.05) is 13.3 Å². The van der Waals surface area contributed by atoms with Crippen LogP contribution in [0.1, 0.15) is 45.4 Å². The number of aromatic amines is 1. The topological polar surface area (TPSA) is 71.2 Å². The summed E-state index contributed by atoms with van der Waals surface area (Å²) in [5.41, 5.74) is 0.944. The van der Waals surface area contributed by atoms with Crippen LogP contribution in [0.3, 0.4) is 0 Å². The van der Waals surface area contributed by atoms with Gasteiger partial charge in [-0.05, 0) is 18.9 Å². The number of amides is 1. The number of ether oxygens (including phenoxy) is 1. The van der Waals surface area contributed by atoms with Crippen molar-refractivity contribution in [2.75, 3.05) is 13.7 Å². The first-order valence-electron chi connectivity index (χ1n) is 6.36. The maximum atomic E-state index is 12.1. The van der Waals surface area contributed by atoms with Crippen LogP contribution in [0.2, 0.25) is 0 Å². The normalized spacial score (nSPS) is 11.3. The third-order valence-corrected chi connectivity index (χ3v) is 2.86. The van der Waals surface area contributed by atoms with Crippen LogP contribution in [0.25, 0.3) is 0 Å². The van der Waals surface area contributed by atoms with E-state index >= 15 is 0 Å². The van der Waals surface area contributed by atoms with Crippen molar-refractivity contribution in [2.24, 2.45) is 0 Å². The standard InChI is InChI=1S/C13H17F3N2O3/c1-4-5-8-9(12(20)21-3)7(2)18-10(8)11(19)17-6-13(14,15)16/h18H,4-6H2,1-3H3,(H,17,19). The van der Waals surface area contributed by atoms with Gasteiger partial charge in [0.2, 0.25) is 0 Å². The zero-order valence-corrected chi connectivity index (χ0v) is 12.0. The van der Waals surface area contributed by atoms with Gasteiger partial charge in [0.25, 0.3) is 5.91 Å². The molecule has 0 aliphatic carbocycles. The molecule has 0 aromatic carbocycles. The summed E-state index contributed by atoms with van der Waals surface area (Å²) in [6.07, 6.45) is -3.49. The van der Waals surface area contributed by atoms with E-state index in [0.29, 0.717) is 24.1 Å². The molecule has 1 aromatic rings. The molecule has 1 amide bonds. The Balaban J connectivity index is 3.12. The molecule has 1 rings (SSSR count). The molecule has 0 spiro atoms. The zero-order chi connectivity index (χ0) is 16.2. The monoisotopic (exact) mass is 306 g/mol. The number of alkyl halides is 3. The Morgan fingerprint density at radius 2 is 1.95 bits per heavy atom. The van der Waals surface area contributed by atoms with Gasteiger partial charge in [-0.2, -0.15) is 13.2 Å². The highest BCUT2D eigenvalue weighted by molar-refractivity contribution is 6.00. The molecule has 0 unspecified atom stereocenters. The van der Waals surface area contributed by atoms with Crippen LogP contribution in [0.4, 0.5) is 13.2 Å². The minimum atomic E-state index is -4.49. The smallest absolute Gasteiger partial charge is 0.405 e. The lowest BCUT2D eigenvalue weighted by atomic mass is 10.0. The van der Waals surface area contributed by atoms with E-state index in [2.05, 4.69) is 9.72 Å². The SMILES string of the molecule is CCCc1c(C(=O)NCC(F)(F)F)[nH]c(C)c1C(=O)OC. The Kier molecular flexibility index (Phi) is 5.40. The van der Waals surface area contributed by atoms with Crippen LogP contribution in [0, 0.1) is 6.92 Å². The van der Waals surface area contributed by atoms with E-state index in [1.54, 1.807) is 12.2 Å². The van der Waals surface area contributed by atoms with Gasteiger partial charge in [-0.3, -0.25) is 4.79 Å². The van der Waals surface area contributed by atoms with Crippen molar-refractivity contribution in [3.05, 3.63) is 22.5 Å². The summed E-state index contributed by atoms with van der Waals surface area (Å²) in [6, 6.07) is 0. The first-order chi connectivity index (χ1) is 9.71. The molecular weight excluding hydrogens is 289 g/mol. The minimum absolute atomic E-state index is 0.0287. The van der Waals surface area contributed by atoms with Gasteiger partial charge >= 0.3 is 12.1 Å². The number of carbonyl (C=O) groups is 2. The Bertz CT molecular complexity index is 535. The van der Waals surface area contributed by atoms with Gasteiger partial charge in [0.1, 0.15) is 12.2 Å². The van der Waals surface area contributed by atoms with Gasteiger partial charge in [-0.15, -0.1) is 0 Å². The molecule has 0 saturated heterocycles. The van der Waals surface area contributed by atoms with Crippen molar-refractivity contribution in [1.29, 1.82) is 0 Å². The Morgan fingerprint density at radius 1 is 1.33 bits per heavy atom. The Hall–Kier alpha value is -1.99. The molecule has 0 radical (unpaired) electrons. The van der Waals surface area contributed by atoms with Crippen LogP contribution in [-0.2, 0) is 11.2 Å². The second kappa shape index (κ2) is 6.64. The van der Waals surface area contributed by atoms with E-state index < -0.39 is 24.6 Å². The number of esters is 1. The summed E-state index contributed by atoms with van der Waals surface area (Å²) in [5, 5.41) is 1.79. The molecular formula is C13H17F3N2O3. The molecule has 0 aliphatic heterocycles. The van der Waals surface area contributed by atoms with E-state index in [9.17, 15) is 22.8 Å². The van der Waals surface area contributed by atoms with Gasteiger partial charge in [0.15, 0.2) is 0 Å². The van der Waals surface area contributed by atoms with E-state index in [-0.39, 0.29) is 11.3 Å². The summed E-state index contributed by atoms with van der Waals surface area (Å²) in [5.74, 6) is -1.52. The fourth-order valence-electron chi connectivity index (χ4n) is 2.02. The summed E-state index contributed by atoms with van der Waals surface area (Å²) in [7, 11) is 1.20. The van der Waals surface area contributed by atoms with Crippen molar-refractivity contribution in [1.82, 2.24) is 10.3 Å². The largest absolute Gasteiger partial charge is 0.465 e. The third-order valence-electron chi connectivity index (χ3n) is 2.86. The summed E-state index contributed by atoms with van der Waals surface area (Å²) in [6.45, 7) is 1.97. The summed E-state index contributed by atoms with van der Waals surface area (Å²) in [4.78, 5) is 26.3. The van der Waals surface area contributed by atoms with Crippen molar-refractivity contribution in [3.63, 3.8) is 0 Å². The van der Waals surface area contributed by atoms with E-state index in [1.165, 1.54) is 7.11 Å². The second-order valence-electron chi connectivity index (χ2n) is 4.52.